The zero-order chi connectivity index (χ0) is 23.8. The molecule has 3 amide bonds. The third kappa shape index (κ3) is 4.24. The van der Waals surface area contributed by atoms with Crippen molar-refractivity contribution in [2.45, 2.75) is 17.7 Å². The monoisotopic (exact) mass is 465 g/mol. The molecule has 1 heterocycles. The number of sulfonamides is 1. The highest BCUT2D eigenvalue weighted by molar-refractivity contribution is 7.89. The van der Waals surface area contributed by atoms with Crippen LogP contribution >= 0.6 is 0 Å². The average Bonchev–Trinajstić information content (AvgIpc) is 2.79. The molecule has 0 saturated carbocycles. The lowest BCUT2D eigenvalue weighted by molar-refractivity contribution is -0.116. The number of nitrogens with zero attached hydrogens (tertiary/aromatic N) is 2. The third-order valence-electron chi connectivity index (χ3n) is 5.56. The Morgan fingerprint density at radius 1 is 0.909 bits per heavy atom. The van der Waals surface area contributed by atoms with Crippen molar-refractivity contribution in [1.82, 2.24) is 9.21 Å². The highest BCUT2D eigenvalue weighted by Gasteiger charge is 2.32. The summed E-state index contributed by atoms with van der Waals surface area (Å²) in [5, 5.41) is 4.22. The predicted octanol–water partition coefficient (Wildman–Crippen LogP) is 3.11. The van der Waals surface area contributed by atoms with Crippen molar-refractivity contribution in [3.63, 3.8) is 0 Å². The van der Waals surface area contributed by atoms with E-state index >= 15 is 0 Å². The Kier molecular flexibility index (Phi) is 6.01. The number of hydrogen-bond acceptors (Lipinski definition) is 5. The Morgan fingerprint density at radius 2 is 1.48 bits per heavy atom. The van der Waals surface area contributed by atoms with Crippen LogP contribution in [0.3, 0.4) is 0 Å². The first kappa shape index (κ1) is 22.6. The van der Waals surface area contributed by atoms with E-state index in [9.17, 15) is 22.8 Å². The second-order valence-corrected chi connectivity index (χ2v) is 10.1. The fourth-order valence-corrected chi connectivity index (χ4v) is 4.73. The molecule has 1 aliphatic heterocycles. The Bertz CT molecular complexity index is 1310. The van der Waals surface area contributed by atoms with Gasteiger partial charge in [0.1, 0.15) is 0 Å². The van der Waals surface area contributed by atoms with Gasteiger partial charge < -0.3 is 5.32 Å². The summed E-state index contributed by atoms with van der Waals surface area (Å²) in [6, 6.07) is 16.6. The van der Waals surface area contributed by atoms with Crippen LogP contribution in [-0.2, 0) is 14.8 Å². The van der Waals surface area contributed by atoms with Crippen LogP contribution in [0, 0.1) is 0 Å². The van der Waals surface area contributed by atoms with Gasteiger partial charge in [-0.15, -0.1) is 0 Å². The summed E-state index contributed by atoms with van der Waals surface area (Å²) in [6.45, 7) is 0.121. The molecule has 170 valence electrons. The Morgan fingerprint density at radius 3 is 2.03 bits per heavy atom. The van der Waals surface area contributed by atoms with Gasteiger partial charge in [0.2, 0.25) is 15.9 Å². The SMILES string of the molecule is CN(C)S(=O)(=O)c1ccc(NC(=O)CCCN2C(=O)c3cccc4cccc(c34)C2=O)cc1. The van der Waals surface area contributed by atoms with Crippen molar-refractivity contribution >= 4 is 44.2 Å². The minimum Gasteiger partial charge on any atom is -0.326 e. The maximum absolute atomic E-state index is 12.9. The number of nitrogens with one attached hydrogen (secondary N) is 1. The normalized spacial score (nSPS) is 13.6. The smallest absolute Gasteiger partial charge is 0.261 e. The molecular weight excluding hydrogens is 442 g/mol. The van der Waals surface area contributed by atoms with Crippen LogP contribution in [-0.4, -0.2) is 56.0 Å². The van der Waals surface area contributed by atoms with E-state index < -0.39 is 10.0 Å². The number of amides is 3. The Balaban J connectivity index is 1.37. The van der Waals surface area contributed by atoms with Gasteiger partial charge in [-0.25, -0.2) is 12.7 Å². The van der Waals surface area contributed by atoms with E-state index in [1.54, 1.807) is 24.3 Å². The number of benzene rings is 3. The summed E-state index contributed by atoms with van der Waals surface area (Å²) in [5.41, 5.74) is 1.43. The van der Waals surface area contributed by atoms with Crippen LogP contribution in [0.1, 0.15) is 33.6 Å². The molecule has 4 rings (SSSR count). The molecule has 1 aliphatic rings. The van der Waals surface area contributed by atoms with Crippen molar-refractivity contribution in [2.75, 3.05) is 26.0 Å². The van der Waals surface area contributed by atoms with E-state index in [1.807, 2.05) is 12.1 Å². The van der Waals surface area contributed by atoms with Crippen LogP contribution in [0.5, 0.6) is 0 Å². The number of anilines is 1. The van der Waals surface area contributed by atoms with Crippen molar-refractivity contribution in [1.29, 1.82) is 0 Å². The number of hydrogen-bond donors (Lipinski definition) is 1. The maximum Gasteiger partial charge on any atom is 0.261 e. The summed E-state index contributed by atoms with van der Waals surface area (Å²) in [4.78, 5) is 39.4. The van der Waals surface area contributed by atoms with Gasteiger partial charge in [-0.2, -0.15) is 0 Å². The first-order valence-corrected chi connectivity index (χ1v) is 11.8. The molecule has 0 atom stereocenters. The molecule has 8 nitrogen and oxygen atoms in total. The van der Waals surface area contributed by atoms with E-state index in [1.165, 1.54) is 43.3 Å². The van der Waals surface area contributed by atoms with Gasteiger partial charge in [0.25, 0.3) is 11.8 Å². The van der Waals surface area contributed by atoms with Crippen LogP contribution < -0.4 is 5.32 Å². The zero-order valence-electron chi connectivity index (χ0n) is 18.2. The summed E-state index contributed by atoms with van der Waals surface area (Å²) < 4.78 is 25.4. The predicted molar refractivity (Wildman–Crippen MR) is 124 cm³/mol. The molecule has 0 spiro atoms. The van der Waals surface area contributed by atoms with Crippen LogP contribution in [0.2, 0.25) is 0 Å². The van der Waals surface area contributed by atoms with E-state index in [-0.39, 0.29) is 35.6 Å². The number of rotatable bonds is 7. The molecule has 1 N–H and O–H groups in total. The molecule has 3 aromatic carbocycles. The van der Waals surface area contributed by atoms with Gasteiger partial charge in [0.05, 0.1) is 4.90 Å². The second kappa shape index (κ2) is 8.76. The Hall–Kier alpha value is -3.56. The molecule has 33 heavy (non-hydrogen) atoms. The highest BCUT2D eigenvalue weighted by Crippen LogP contribution is 2.30. The summed E-state index contributed by atoms with van der Waals surface area (Å²) in [7, 11) is -0.651. The van der Waals surface area contributed by atoms with E-state index in [0.717, 1.165) is 9.69 Å². The summed E-state index contributed by atoms with van der Waals surface area (Å²) >= 11 is 0. The van der Waals surface area contributed by atoms with Gasteiger partial charge in [0, 0.05) is 49.3 Å². The summed E-state index contributed by atoms with van der Waals surface area (Å²) in [6.07, 6.45) is 0.398. The van der Waals surface area contributed by atoms with Gasteiger partial charge in [-0.1, -0.05) is 24.3 Å². The van der Waals surface area contributed by atoms with Crippen LogP contribution in [0.15, 0.2) is 65.6 Å². The molecule has 0 bridgehead atoms. The standard InChI is InChI=1S/C24H23N3O5S/c1-26(2)33(31,32)18-13-11-17(12-14-18)25-21(28)10-5-15-27-23(29)19-8-3-6-16-7-4-9-20(22(16)19)24(27)30/h3-4,6-9,11-14H,5,10,15H2,1-2H3,(H,25,28). The zero-order valence-corrected chi connectivity index (χ0v) is 19.1. The topological polar surface area (TPSA) is 104 Å². The lowest BCUT2D eigenvalue weighted by Gasteiger charge is -2.27. The number of carbonyl (C=O) groups is 3. The fraction of sp³-hybridized carbons (Fsp3) is 0.208. The first-order valence-electron chi connectivity index (χ1n) is 10.4. The highest BCUT2D eigenvalue weighted by atomic mass is 32.2. The van der Waals surface area contributed by atoms with E-state index in [2.05, 4.69) is 5.32 Å². The first-order chi connectivity index (χ1) is 15.7. The average molecular weight is 466 g/mol. The molecule has 0 fully saturated rings. The van der Waals surface area contributed by atoms with E-state index in [4.69, 9.17) is 0 Å². The Labute approximate surface area is 191 Å². The van der Waals surface area contributed by atoms with E-state index in [0.29, 0.717) is 28.6 Å². The van der Waals surface area contributed by atoms with Crippen molar-refractivity contribution in [3.05, 3.63) is 71.8 Å². The molecule has 0 aliphatic carbocycles. The van der Waals surface area contributed by atoms with Crippen LogP contribution in [0.4, 0.5) is 5.69 Å². The lowest BCUT2D eigenvalue weighted by Crippen LogP contribution is -2.41. The largest absolute Gasteiger partial charge is 0.326 e. The lowest BCUT2D eigenvalue weighted by atomic mass is 9.94. The van der Waals surface area contributed by atoms with Crippen molar-refractivity contribution < 1.29 is 22.8 Å². The molecule has 9 heteroatoms. The quantitative estimate of drug-likeness (QED) is 0.540. The molecular formula is C24H23N3O5S. The summed E-state index contributed by atoms with van der Waals surface area (Å²) in [5.74, 6) is -1.01. The van der Waals surface area contributed by atoms with Gasteiger partial charge in [-0.05, 0) is 48.2 Å². The maximum atomic E-state index is 12.9. The molecule has 0 unspecified atom stereocenters. The minimum atomic E-state index is -3.54. The second-order valence-electron chi connectivity index (χ2n) is 7.93. The van der Waals surface area contributed by atoms with Gasteiger partial charge >= 0.3 is 0 Å². The van der Waals surface area contributed by atoms with Gasteiger partial charge in [-0.3, -0.25) is 19.3 Å². The van der Waals surface area contributed by atoms with Crippen molar-refractivity contribution in [3.8, 4) is 0 Å². The molecule has 0 aromatic heterocycles. The minimum absolute atomic E-state index is 0.0979. The van der Waals surface area contributed by atoms with Crippen molar-refractivity contribution in [2.24, 2.45) is 0 Å². The van der Waals surface area contributed by atoms with Gasteiger partial charge in [0.15, 0.2) is 0 Å². The fourth-order valence-electron chi connectivity index (χ4n) is 3.83. The molecule has 0 saturated heterocycles. The molecule has 3 aromatic rings. The number of carbonyl (C=O) groups excluding carboxylic acids is 3. The number of imide groups is 1. The van der Waals surface area contributed by atoms with Crippen LogP contribution in [0.25, 0.3) is 10.8 Å². The molecule has 0 radical (unpaired) electrons. The third-order valence-corrected chi connectivity index (χ3v) is 7.39.